The van der Waals surface area contributed by atoms with Crippen molar-refractivity contribution in [3.8, 4) is 11.5 Å². The first kappa shape index (κ1) is 18.0. The topological polar surface area (TPSA) is 64.8 Å². The molecule has 3 rings (SSSR count). The lowest BCUT2D eigenvalue weighted by atomic mass is 10.2. The number of fused-ring (bicyclic) bond motifs is 1. The van der Waals surface area contributed by atoms with Gasteiger partial charge in [0.1, 0.15) is 0 Å². The summed E-state index contributed by atoms with van der Waals surface area (Å²) >= 11 is 3.36. The van der Waals surface area contributed by atoms with Gasteiger partial charge in [0.15, 0.2) is 18.1 Å². The number of amides is 1. The van der Waals surface area contributed by atoms with Crippen molar-refractivity contribution in [1.82, 2.24) is 9.99 Å². The number of halogens is 1. The second-order valence-electron chi connectivity index (χ2n) is 5.59. The number of carbonyl (C=O) groups excluding carboxylic acids is 1. The van der Waals surface area contributed by atoms with Gasteiger partial charge in [-0.2, -0.15) is 5.10 Å². The fourth-order valence-corrected chi connectivity index (χ4v) is 2.93. The van der Waals surface area contributed by atoms with Crippen LogP contribution in [0.25, 0.3) is 10.9 Å². The molecule has 1 amide bonds. The van der Waals surface area contributed by atoms with Gasteiger partial charge in [-0.25, -0.2) is 5.43 Å². The van der Waals surface area contributed by atoms with Crippen LogP contribution >= 0.6 is 15.9 Å². The van der Waals surface area contributed by atoms with Crippen molar-refractivity contribution in [3.63, 3.8) is 0 Å². The van der Waals surface area contributed by atoms with E-state index in [1.54, 1.807) is 25.5 Å². The predicted octanol–water partition coefficient (Wildman–Crippen LogP) is 3.48. The molecule has 26 heavy (non-hydrogen) atoms. The highest BCUT2D eigenvalue weighted by molar-refractivity contribution is 9.10. The van der Waals surface area contributed by atoms with Gasteiger partial charge in [0.2, 0.25) is 0 Å². The minimum absolute atomic E-state index is 0.162. The number of rotatable bonds is 6. The summed E-state index contributed by atoms with van der Waals surface area (Å²) in [6.07, 6.45) is 3.59. The van der Waals surface area contributed by atoms with Gasteiger partial charge in [-0.1, -0.05) is 34.1 Å². The van der Waals surface area contributed by atoms with Crippen molar-refractivity contribution in [3.05, 3.63) is 58.7 Å². The van der Waals surface area contributed by atoms with Crippen molar-refractivity contribution in [2.24, 2.45) is 12.1 Å². The molecular formula is C19H18BrN3O3. The van der Waals surface area contributed by atoms with E-state index in [0.717, 1.165) is 20.9 Å². The van der Waals surface area contributed by atoms with E-state index in [2.05, 4.69) is 26.5 Å². The van der Waals surface area contributed by atoms with Crippen LogP contribution in [0.3, 0.4) is 0 Å². The summed E-state index contributed by atoms with van der Waals surface area (Å²) in [6, 6.07) is 13.3. The molecule has 0 bridgehead atoms. The van der Waals surface area contributed by atoms with E-state index < -0.39 is 0 Å². The zero-order valence-corrected chi connectivity index (χ0v) is 16.0. The number of nitrogens with one attached hydrogen (secondary N) is 1. The molecule has 1 aromatic heterocycles. The average Bonchev–Trinajstić information content (AvgIpc) is 2.97. The van der Waals surface area contributed by atoms with Crippen LogP contribution in [-0.2, 0) is 11.8 Å². The molecule has 0 saturated carbocycles. The molecule has 0 atom stereocenters. The molecule has 1 heterocycles. The van der Waals surface area contributed by atoms with Gasteiger partial charge < -0.3 is 14.0 Å². The lowest BCUT2D eigenvalue weighted by molar-refractivity contribution is -0.123. The molecule has 0 aliphatic rings. The van der Waals surface area contributed by atoms with Gasteiger partial charge in [-0.3, -0.25) is 4.79 Å². The predicted molar refractivity (Wildman–Crippen MR) is 105 cm³/mol. The highest BCUT2D eigenvalue weighted by Gasteiger charge is 2.08. The molecular weight excluding hydrogens is 398 g/mol. The minimum atomic E-state index is -0.355. The van der Waals surface area contributed by atoms with E-state index in [4.69, 9.17) is 9.47 Å². The summed E-state index contributed by atoms with van der Waals surface area (Å²) in [6.45, 7) is -0.162. The monoisotopic (exact) mass is 415 g/mol. The van der Waals surface area contributed by atoms with Crippen LogP contribution in [0.2, 0.25) is 0 Å². The molecule has 0 aliphatic carbocycles. The Balaban J connectivity index is 1.59. The Labute approximate surface area is 159 Å². The molecule has 6 nitrogen and oxygen atoms in total. The molecule has 3 aromatic rings. The number of aromatic nitrogens is 1. The standard InChI is InChI=1S/C19H18BrN3O3/c1-23-11-13(15-5-3-4-6-16(15)23)10-21-22-19(24)12-26-17-8-7-14(20)9-18(17)25-2/h3-11H,12H2,1-2H3,(H,22,24)/b21-10+. The van der Waals surface area contributed by atoms with Gasteiger partial charge >= 0.3 is 0 Å². The highest BCUT2D eigenvalue weighted by Crippen LogP contribution is 2.30. The number of nitrogens with zero attached hydrogens (tertiary/aromatic N) is 2. The van der Waals surface area contributed by atoms with E-state index in [1.165, 1.54) is 0 Å². The Morgan fingerprint density at radius 3 is 2.88 bits per heavy atom. The first-order valence-electron chi connectivity index (χ1n) is 7.91. The van der Waals surface area contributed by atoms with Crippen molar-refractivity contribution >= 4 is 39.0 Å². The van der Waals surface area contributed by atoms with Gasteiger partial charge in [-0.15, -0.1) is 0 Å². The Morgan fingerprint density at radius 1 is 1.27 bits per heavy atom. The molecule has 0 unspecified atom stereocenters. The third-order valence-corrected chi connectivity index (χ3v) is 4.30. The molecule has 7 heteroatoms. The molecule has 134 valence electrons. The molecule has 0 fully saturated rings. The number of hydrazone groups is 1. The Hall–Kier alpha value is -2.80. The lowest BCUT2D eigenvalue weighted by Gasteiger charge is -2.09. The number of ether oxygens (including phenoxy) is 2. The molecule has 2 aromatic carbocycles. The number of para-hydroxylation sites is 1. The molecule has 0 radical (unpaired) electrons. The van der Waals surface area contributed by atoms with Crippen molar-refractivity contribution in [2.45, 2.75) is 0 Å². The van der Waals surface area contributed by atoms with Crippen LogP contribution in [0.4, 0.5) is 0 Å². The molecule has 0 saturated heterocycles. The molecule has 1 N–H and O–H groups in total. The van der Waals surface area contributed by atoms with E-state index in [0.29, 0.717) is 11.5 Å². The number of hydrogen-bond donors (Lipinski definition) is 1. The van der Waals surface area contributed by atoms with E-state index in [-0.39, 0.29) is 12.5 Å². The van der Waals surface area contributed by atoms with Gasteiger partial charge in [-0.05, 0) is 24.3 Å². The van der Waals surface area contributed by atoms with Gasteiger partial charge in [0.05, 0.1) is 13.3 Å². The second kappa shape index (κ2) is 8.05. The number of carbonyl (C=O) groups is 1. The quantitative estimate of drug-likeness (QED) is 0.495. The summed E-state index contributed by atoms with van der Waals surface area (Å²) in [5, 5.41) is 5.09. The van der Waals surface area contributed by atoms with Crippen molar-refractivity contribution in [1.29, 1.82) is 0 Å². The van der Waals surface area contributed by atoms with Crippen molar-refractivity contribution in [2.75, 3.05) is 13.7 Å². The van der Waals surface area contributed by atoms with Gasteiger partial charge in [0.25, 0.3) is 5.91 Å². The summed E-state index contributed by atoms with van der Waals surface area (Å²) in [5.74, 6) is 0.682. The largest absolute Gasteiger partial charge is 0.493 e. The number of hydrogen-bond acceptors (Lipinski definition) is 4. The van der Waals surface area contributed by atoms with E-state index in [9.17, 15) is 4.79 Å². The number of benzene rings is 2. The zero-order chi connectivity index (χ0) is 18.5. The van der Waals surface area contributed by atoms with Gasteiger partial charge in [0, 0.05) is 34.2 Å². The first-order chi connectivity index (χ1) is 12.6. The maximum atomic E-state index is 11.9. The zero-order valence-electron chi connectivity index (χ0n) is 14.4. The first-order valence-corrected chi connectivity index (χ1v) is 8.70. The summed E-state index contributed by atoms with van der Waals surface area (Å²) in [4.78, 5) is 11.9. The maximum absolute atomic E-state index is 11.9. The van der Waals surface area contributed by atoms with E-state index >= 15 is 0 Å². The maximum Gasteiger partial charge on any atom is 0.277 e. The number of aryl methyl sites for hydroxylation is 1. The average molecular weight is 416 g/mol. The van der Waals surface area contributed by atoms with E-state index in [1.807, 2.05) is 48.1 Å². The third kappa shape index (κ3) is 4.05. The lowest BCUT2D eigenvalue weighted by Crippen LogP contribution is -2.24. The van der Waals surface area contributed by atoms with Crippen LogP contribution in [0, 0.1) is 0 Å². The molecule has 0 spiro atoms. The SMILES string of the molecule is COc1cc(Br)ccc1OCC(=O)N/N=C/c1cn(C)c2ccccc12. The van der Waals surface area contributed by atoms with Crippen LogP contribution in [-0.4, -0.2) is 30.4 Å². The Kier molecular flexibility index (Phi) is 5.58. The van der Waals surface area contributed by atoms with Crippen molar-refractivity contribution < 1.29 is 14.3 Å². The number of methoxy groups -OCH3 is 1. The van der Waals surface area contributed by atoms with Crippen LogP contribution < -0.4 is 14.9 Å². The summed E-state index contributed by atoms with van der Waals surface area (Å²) < 4.78 is 13.6. The highest BCUT2D eigenvalue weighted by atomic mass is 79.9. The summed E-state index contributed by atoms with van der Waals surface area (Å²) in [7, 11) is 3.51. The van der Waals surface area contributed by atoms with Crippen LogP contribution in [0.5, 0.6) is 11.5 Å². The second-order valence-corrected chi connectivity index (χ2v) is 6.51. The Bertz CT molecular complexity index is 966. The fourth-order valence-electron chi connectivity index (χ4n) is 2.59. The minimum Gasteiger partial charge on any atom is -0.493 e. The Morgan fingerprint density at radius 2 is 2.08 bits per heavy atom. The fraction of sp³-hybridized carbons (Fsp3) is 0.158. The molecule has 0 aliphatic heterocycles. The summed E-state index contributed by atoms with van der Waals surface area (Å²) in [5.41, 5.74) is 4.50. The van der Waals surface area contributed by atoms with Crippen LogP contribution in [0.1, 0.15) is 5.56 Å². The normalized spacial score (nSPS) is 11.0. The van der Waals surface area contributed by atoms with Crippen LogP contribution in [0.15, 0.2) is 58.2 Å². The smallest absolute Gasteiger partial charge is 0.277 e. The third-order valence-electron chi connectivity index (χ3n) is 3.81.